The molecular weight excluding hydrogens is 302 g/mol. The lowest BCUT2D eigenvalue weighted by molar-refractivity contribution is 0.0997. The molecule has 1 aromatic heterocycles. The lowest BCUT2D eigenvalue weighted by atomic mass is 10.2. The number of rotatable bonds is 3. The van der Waals surface area contributed by atoms with Crippen molar-refractivity contribution in [2.45, 2.75) is 0 Å². The van der Waals surface area contributed by atoms with E-state index >= 15 is 0 Å². The van der Waals surface area contributed by atoms with Gasteiger partial charge in [0.2, 0.25) is 0 Å². The van der Waals surface area contributed by atoms with Gasteiger partial charge in [0.1, 0.15) is 17.4 Å². The van der Waals surface area contributed by atoms with Gasteiger partial charge in [-0.1, -0.05) is 0 Å². The highest BCUT2D eigenvalue weighted by atomic mass is 19.1. The molecule has 0 radical (unpaired) electrons. The normalized spacial score (nSPS) is 10.5. The molecule has 0 spiro atoms. The molecule has 3 N–H and O–H groups in total. The topological polar surface area (TPSA) is 68.3 Å². The summed E-state index contributed by atoms with van der Waals surface area (Å²) in [5.41, 5.74) is 6.48. The number of nitrogens with one attached hydrogen (secondary N) is 1. The molecule has 3 aromatic rings. The third-order valence-corrected chi connectivity index (χ3v) is 3.20. The average molecular weight is 314 g/mol. The van der Waals surface area contributed by atoms with Crippen LogP contribution in [-0.2, 0) is 0 Å². The SMILES string of the molecule is Nc1ccc(F)c(NC(=O)c2ccc(-c3ccc(F)cc3)o2)c1. The van der Waals surface area contributed by atoms with E-state index in [1.54, 1.807) is 6.07 Å². The number of benzene rings is 2. The van der Waals surface area contributed by atoms with Crippen LogP contribution in [0, 0.1) is 11.6 Å². The van der Waals surface area contributed by atoms with Gasteiger partial charge in [0.25, 0.3) is 5.91 Å². The Bertz CT molecular complexity index is 857. The van der Waals surface area contributed by atoms with Crippen LogP contribution in [0.25, 0.3) is 11.3 Å². The van der Waals surface area contributed by atoms with Gasteiger partial charge in [-0.3, -0.25) is 4.79 Å². The van der Waals surface area contributed by atoms with Crippen LogP contribution >= 0.6 is 0 Å². The second-order valence-electron chi connectivity index (χ2n) is 4.86. The maximum Gasteiger partial charge on any atom is 0.291 e. The Morgan fingerprint density at radius 2 is 1.74 bits per heavy atom. The van der Waals surface area contributed by atoms with E-state index < -0.39 is 11.7 Å². The number of carbonyl (C=O) groups excluding carboxylic acids is 1. The third-order valence-electron chi connectivity index (χ3n) is 3.20. The molecule has 4 nitrogen and oxygen atoms in total. The number of carbonyl (C=O) groups is 1. The van der Waals surface area contributed by atoms with Crippen LogP contribution < -0.4 is 11.1 Å². The van der Waals surface area contributed by atoms with Crippen LogP contribution in [0.3, 0.4) is 0 Å². The zero-order valence-corrected chi connectivity index (χ0v) is 11.8. The summed E-state index contributed by atoms with van der Waals surface area (Å²) in [6.45, 7) is 0. The molecule has 0 saturated heterocycles. The van der Waals surface area contributed by atoms with Crippen molar-refractivity contribution in [1.82, 2.24) is 0 Å². The van der Waals surface area contributed by atoms with Gasteiger partial charge in [-0.25, -0.2) is 8.78 Å². The molecule has 0 atom stereocenters. The molecule has 1 amide bonds. The predicted molar refractivity (Wildman–Crippen MR) is 82.9 cm³/mol. The summed E-state index contributed by atoms with van der Waals surface area (Å²) in [7, 11) is 0. The van der Waals surface area contributed by atoms with Crippen molar-refractivity contribution in [1.29, 1.82) is 0 Å². The lowest BCUT2D eigenvalue weighted by Gasteiger charge is -2.05. The van der Waals surface area contributed by atoms with Gasteiger partial charge in [0.05, 0.1) is 5.69 Å². The van der Waals surface area contributed by atoms with E-state index in [9.17, 15) is 13.6 Å². The predicted octanol–water partition coefficient (Wildman–Crippen LogP) is 4.06. The van der Waals surface area contributed by atoms with Gasteiger partial charge in [-0.2, -0.15) is 0 Å². The molecular formula is C17H12F2N2O2. The van der Waals surface area contributed by atoms with Crippen molar-refractivity contribution in [3.8, 4) is 11.3 Å². The van der Waals surface area contributed by atoms with E-state index in [1.807, 2.05) is 0 Å². The number of anilines is 2. The number of hydrogen-bond donors (Lipinski definition) is 2. The average Bonchev–Trinajstić information content (AvgIpc) is 3.02. The van der Waals surface area contributed by atoms with E-state index in [-0.39, 0.29) is 17.3 Å². The summed E-state index contributed by atoms with van der Waals surface area (Å²) >= 11 is 0. The minimum Gasteiger partial charge on any atom is -0.451 e. The minimum absolute atomic E-state index is 0.00569. The van der Waals surface area contributed by atoms with Gasteiger partial charge < -0.3 is 15.5 Å². The lowest BCUT2D eigenvalue weighted by Crippen LogP contribution is -2.12. The highest BCUT2D eigenvalue weighted by Gasteiger charge is 2.14. The monoisotopic (exact) mass is 314 g/mol. The molecule has 0 bridgehead atoms. The zero-order chi connectivity index (χ0) is 16.4. The summed E-state index contributed by atoms with van der Waals surface area (Å²) in [4.78, 5) is 12.1. The van der Waals surface area contributed by atoms with Crippen molar-refractivity contribution in [2.24, 2.45) is 0 Å². The van der Waals surface area contributed by atoms with Crippen molar-refractivity contribution in [3.63, 3.8) is 0 Å². The fourth-order valence-corrected chi connectivity index (χ4v) is 2.05. The third kappa shape index (κ3) is 3.21. The first-order valence-electron chi connectivity index (χ1n) is 6.75. The number of halogens is 2. The van der Waals surface area contributed by atoms with Crippen molar-refractivity contribution in [3.05, 3.63) is 72.0 Å². The summed E-state index contributed by atoms with van der Waals surface area (Å²) in [6.07, 6.45) is 0. The second kappa shape index (κ2) is 5.92. The highest BCUT2D eigenvalue weighted by molar-refractivity contribution is 6.02. The first-order chi connectivity index (χ1) is 11.0. The summed E-state index contributed by atoms with van der Waals surface area (Å²) in [5, 5.41) is 2.39. The van der Waals surface area contributed by atoms with Gasteiger partial charge >= 0.3 is 0 Å². The summed E-state index contributed by atoms with van der Waals surface area (Å²) < 4.78 is 32.0. The summed E-state index contributed by atoms with van der Waals surface area (Å²) in [6, 6.07) is 12.6. The molecule has 0 fully saturated rings. The Hall–Kier alpha value is -3.15. The number of amides is 1. The van der Waals surface area contributed by atoms with Gasteiger partial charge in [0, 0.05) is 11.3 Å². The van der Waals surface area contributed by atoms with E-state index in [0.717, 1.165) is 6.07 Å². The van der Waals surface area contributed by atoms with Crippen LogP contribution in [-0.4, -0.2) is 5.91 Å². The van der Waals surface area contributed by atoms with E-state index in [1.165, 1.54) is 42.5 Å². The molecule has 116 valence electrons. The van der Waals surface area contributed by atoms with Crippen LogP contribution in [0.5, 0.6) is 0 Å². The first-order valence-corrected chi connectivity index (χ1v) is 6.75. The minimum atomic E-state index is -0.608. The molecule has 0 aliphatic carbocycles. The van der Waals surface area contributed by atoms with E-state index in [0.29, 0.717) is 17.0 Å². The molecule has 0 aliphatic rings. The number of nitrogens with two attached hydrogens (primary N) is 1. The number of furan rings is 1. The van der Waals surface area contributed by atoms with Gasteiger partial charge in [-0.15, -0.1) is 0 Å². The maximum atomic E-state index is 13.6. The smallest absolute Gasteiger partial charge is 0.291 e. The molecule has 2 aromatic carbocycles. The fourth-order valence-electron chi connectivity index (χ4n) is 2.05. The van der Waals surface area contributed by atoms with E-state index in [2.05, 4.69) is 5.32 Å². The molecule has 23 heavy (non-hydrogen) atoms. The highest BCUT2D eigenvalue weighted by Crippen LogP contribution is 2.24. The standard InChI is InChI=1S/C17H12F2N2O2/c18-11-3-1-10(2-4-11)15-7-8-16(23-15)17(22)21-14-9-12(20)5-6-13(14)19/h1-9H,20H2,(H,21,22). The Kier molecular flexibility index (Phi) is 3.80. The molecule has 1 heterocycles. The van der Waals surface area contributed by atoms with Crippen molar-refractivity contribution < 1.29 is 18.0 Å². The van der Waals surface area contributed by atoms with Crippen molar-refractivity contribution in [2.75, 3.05) is 11.1 Å². The van der Waals surface area contributed by atoms with Crippen LogP contribution in [0.4, 0.5) is 20.2 Å². The first kappa shape index (κ1) is 14.8. The Labute approximate surface area is 130 Å². The van der Waals surface area contributed by atoms with Gasteiger partial charge in [0.15, 0.2) is 5.76 Å². The fraction of sp³-hybridized carbons (Fsp3) is 0. The van der Waals surface area contributed by atoms with E-state index in [4.69, 9.17) is 10.2 Å². The molecule has 3 rings (SSSR count). The molecule has 0 saturated carbocycles. The second-order valence-corrected chi connectivity index (χ2v) is 4.86. The van der Waals surface area contributed by atoms with Crippen LogP contribution in [0.15, 0.2) is 59.0 Å². The zero-order valence-electron chi connectivity index (χ0n) is 11.8. The number of hydrogen-bond acceptors (Lipinski definition) is 3. The maximum absolute atomic E-state index is 13.6. The van der Waals surface area contributed by atoms with Crippen LogP contribution in [0.1, 0.15) is 10.6 Å². The molecule has 0 unspecified atom stereocenters. The molecule has 6 heteroatoms. The molecule has 0 aliphatic heterocycles. The Morgan fingerprint density at radius 1 is 1.00 bits per heavy atom. The summed E-state index contributed by atoms with van der Waals surface area (Å²) in [5.74, 6) is -1.16. The van der Waals surface area contributed by atoms with Gasteiger partial charge in [-0.05, 0) is 54.6 Å². The largest absolute Gasteiger partial charge is 0.451 e. The Morgan fingerprint density at radius 3 is 2.48 bits per heavy atom. The van der Waals surface area contributed by atoms with Crippen LogP contribution in [0.2, 0.25) is 0 Å². The number of nitrogen functional groups attached to an aromatic ring is 1. The quantitative estimate of drug-likeness (QED) is 0.716. The van der Waals surface area contributed by atoms with Crippen molar-refractivity contribution >= 4 is 17.3 Å². The Balaban J connectivity index is 1.81.